The first-order valence-corrected chi connectivity index (χ1v) is 5.13. The Kier molecular flexibility index (Phi) is 2.94. The molecule has 0 nitrogen and oxygen atoms in total. The molecule has 15 heavy (non-hydrogen) atoms. The van der Waals surface area contributed by atoms with Gasteiger partial charge in [-0.2, -0.15) is 0 Å². The maximum atomic E-state index is 12.8. The van der Waals surface area contributed by atoms with Crippen LogP contribution in [0.3, 0.4) is 0 Å². The van der Waals surface area contributed by atoms with E-state index in [-0.39, 0.29) is 5.82 Å². The summed E-state index contributed by atoms with van der Waals surface area (Å²) in [4.78, 5) is 0. The Morgan fingerprint density at radius 2 is 1.73 bits per heavy atom. The van der Waals surface area contributed by atoms with Crippen LogP contribution in [0.25, 0.3) is 11.1 Å². The third kappa shape index (κ3) is 2.31. The van der Waals surface area contributed by atoms with Gasteiger partial charge in [0.05, 0.1) is 5.02 Å². The van der Waals surface area contributed by atoms with Crippen LogP contribution in [-0.4, -0.2) is 0 Å². The van der Waals surface area contributed by atoms with Crippen molar-refractivity contribution in [2.45, 2.75) is 0 Å². The quantitative estimate of drug-likeness (QED) is 0.672. The van der Waals surface area contributed by atoms with E-state index in [0.29, 0.717) is 10.0 Å². The fraction of sp³-hybridized carbons (Fsp3) is 0. The first kappa shape index (κ1) is 10.5. The van der Waals surface area contributed by atoms with Gasteiger partial charge in [0.1, 0.15) is 5.82 Å². The van der Waals surface area contributed by atoms with Crippen molar-refractivity contribution in [2.24, 2.45) is 0 Å². The van der Waals surface area contributed by atoms with Gasteiger partial charge in [-0.3, -0.25) is 0 Å². The monoisotopic (exact) mass is 240 g/mol. The fourth-order valence-electron chi connectivity index (χ4n) is 1.38. The molecular weight excluding hydrogens is 234 g/mol. The second-order valence-electron chi connectivity index (χ2n) is 3.13. The van der Waals surface area contributed by atoms with Gasteiger partial charge in [-0.05, 0) is 35.9 Å². The van der Waals surface area contributed by atoms with Crippen LogP contribution < -0.4 is 0 Å². The maximum Gasteiger partial charge on any atom is 0.124 e. The van der Waals surface area contributed by atoms with E-state index in [1.807, 2.05) is 12.1 Å². The van der Waals surface area contributed by atoms with Gasteiger partial charge < -0.3 is 0 Å². The number of halogens is 3. The molecule has 0 saturated carbocycles. The first-order valence-electron chi connectivity index (χ1n) is 4.38. The lowest BCUT2D eigenvalue weighted by atomic mass is 10.1. The van der Waals surface area contributed by atoms with Crippen molar-refractivity contribution in [3.05, 3.63) is 58.3 Å². The highest BCUT2D eigenvalue weighted by atomic mass is 35.5. The van der Waals surface area contributed by atoms with E-state index in [9.17, 15) is 4.39 Å². The smallest absolute Gasteiger partial charge is 0.124 e. The summed E-state index contributed by atoms with van der Waals surface area (Å²) in [6.45, 7) is 0. The largest absolute Gasteiger partial charge is 0.207 e. The lowest BCUT2D eigenvalue weighted by Crippen LogP contribution is -1.81. The van der Waals surface area contributed by atoms with Crippen LogP contribution >= 0.6 is 23.2 Å². The molecule has 0 radical (unpaired) electrons. The van der Waals surface area contributed by atoms with Crippen molar-refractivity contribution in [3.8, 4) is 11.1 Å². The molecular formula is C12H7Cl2F. The van der Waals surface area contributed by atoms with Gasteiger partial charge in [0.25, 0.3) is 0 Å². The summed E-state index contributed by atoms with van der Waals surface area (Å²) in [5, 5.41) is 1.02. The molecule has 0 heterocycles. The van der Waals surface area contributed by atoms with Crippen LogP contribution in [0.1, 0.15) is 0 Å². The molecule has 0 unspecified atom stereocenters. The van der Waals surface area contributed by atoms with E-state index in [4.69, 9.17) is 23.2 Å². The lowest BCUT2D eigenvalue weighted by Gasteiger charge is -2.04. The van der Waals surface area contributed by atoms with Gasteiger partial charge in [0.2, 0.25) is 0 Å². The minimum atomic E-state index is -0.342. The Morgan fingerprint density at radius 3 is 2.40 bits per heavy atom. The Hall–Kier alpha value is -1.05. The number of hydrogen-bond acceptors (Lipinski definition) is 0. The van der Waals surface area contributed by atoms with Crippen molar-refractivity contribution in [1.82, 2.24) is 0 Å². The average Bonchev–Trinajstić information content (AvgIpc) is 2.17. The molecule has 0 saturated heterocycles. The summed E-state index contributed by atoms with van der Waals surface area (Å²) in [6, 6.07) is 11.6. The zero-order valence-corrected chi connectivity index (χ0v) is 9.19. The summed E-state index contributed by atoms with van der Waals surface area (Å²) in [7, 11) is 0. The molecule has 2 aromatic carbocycles. The average molecular weight is 241 g/mol. The summed E-state index contributed by atoms with van der Waals surface area (Å²) in [5.41, 5.74) is 1.66. The Balaban J connectivity index is 2.54. The van der Waals surface area contributed by atoms with Crippen molar-refractivity contribution in [2.75, 3.05) is 0 Å². The standard InChI is InChI=1S/C12H7Cl2F/c13-9-3-1-2-8(6-9)11-5-4-10(15)7-12(11)14/h1-7H. The van der Waals surface area contributed by atoms with Crippen LogP contribution in [0.15, 0.2) is 42.5 Å². The minimum absolute atomic E-state index is 0.342. The molecule has 0 amide bonds. The van der Waals surface area contributed by atoms with Crippen LogP contribution in [0, 0.1) is 5.82 Å². The molecule has 0 aliphatic heterocycles. The van der Waals surface area contributed by atoms with Gasteiger partial charge in [-0.1, -0.05) is 35.3 Å². The summed E-state index contributed by atoms with van der Waals surface area (Å²) in [6.07, 6.45) is 0. The van der Waals surface area contributed by atoms with E-state index in [1.54, 1.807) is 18.2 Å². The van der Waals surface area contributed by atoms with Crippen LogP contribution in [-0.2, 0) is 0 Å². The molecule has 0 atom stereocenters. The molecule has 0 aliphatic carbocycles. The summed E-state index contributed by atoms with van der Waals surface area (Å²) < 4.78 is 12.8. The maximum absolute atomic E-state index is 12.8. The predicted molar refractivity (Wildman–Crippen MR) is 61.9 cm³/mol. The second-order valence-corrected chi connectivity index (χ2v) is 3.98. The Bertz CT molecular complexity index is 495. The van der Waals surface area contributed by atoms with Crippen molar-refractivity contribution < 1.29 is 4.39 Å². The second kappa shape index (κ2) is 4.21. The van der Waals surface area contributed by atoms with Gasteiger partial charge in [-0.25, -0.2) is 4.39 Å². The Morgan fingerprint density at radius 1 is 0.933 bits per heavy atom. The molecule has 76 valence electrons. The fourth-order valence-corrected chi connectivity index (χ4v) is 1.85. The SMILES string of the molecule is Fc1ccc(-c2cccc(Cl)c2)c(Cl)c1. The van der Waals surface area contributed by atoms with Gasteiger partial charge in [0, 0.05) is 10.6 Å². The zero-order valence-electron chi connectivity index (χ0n) is 7.68. The molecule has 0 bridgehead atoms. The van der Waals surface area contributed by atoms with Gasteiger partial charge >= 0.3 is 0 Å². The number of rotatable bonds is 1. The lowest BCUT2D eigenvalue weighted by molar-refractivity contribution is 0.628. The topological polar surface area (TPSA) is 0 Å². The third-order valence-electron chi connectivity index (χ3n) is 2.07. The van der Waals surface area contributed by atoms with Crippen molar-refractivity contribution >= 4 is 23.2 Å². The number of hydrogen-bond donors (Lipinski definition) is 0. The zero-order chi connectivity index (χ0) is 10.8. The molecule has 0 spiro atoms. The van der Waals surface area contributed by atoms with Crippen LogP contribution in [0.4, 0.5) is 4.39 Å². The molecule has 3 heteroatoms. The van der Waals surface area contributed by atoms with Gasteiger partial charge in [-0.15, -0.1) is 0 Å². The van der Waals surface area contributed by atoms with E-state index in [1.165, 1.54) is 12.1 Å². The molecule has 0 aromatic heterocycles. The minimum Gasteiger partial charge on any atom is -0.207 e. The predicted octanol–water partition coefficient (Wildman–Crippen LogP) is 4.80. The molecule has 2 rings (SSSR count). The van der Waals surface area contributed by atoms with Crippen molar-refractivity contribution in [1.29, 1.82) is 0 Å². The molecule has 2 aromatic rings. The van der Waals surface area contributed by atoms with Crippen LogP contribution in [0.2, 0.25) is 10.0 Å². The van der Waals surface area contributed by atoms with Crippen LogP contribution in [0.5, 0.6) is 0 Å². The molecule has 0 N–H and O–H groups in total. The highest BCUT2D eigenvalue weighted by Gasteiger charge is 2.04. The summed E-state index contributed by atoms with van der Waals surface area (Å²) in [5.74, 6) is -0.342. The third-order valence-corrected chi connectivity index (χ3v) is 2.61. The first-order chi connectivity index (χ1) is 7.16. The molecule has 0 fully saturated rings. The summed E-state index contributed by atoms with van der Waals surface area (Å²) >= 11 is 11.8. The highest BCUT2D eigenvalue weighted by Crippen LogP contribution is 2.29. The van der Waals surface area contributed by atoms with Gasteiger partial charge in [0.15, 0.2) is 0 Å². The number of benzene rings is 2. The highest BCUT2D eigenvalue weighted by molar-refractivity contribution is 6.33. The van der Waals surface area contributed by atoms with E-state index < -0.39 is 0 Å². The van der Waals surface area contributed by atoms with E-state index in [0.717, 1.165) is 11.1 Å². The van der Waals surface area contributed by atoms with Crippen molar-refractivity contribution in [3.63, 3.8) is 0 Å². The Labute approximate surface area is 97.3 Å². The molecule has 0 aliphatic rings. The van der Waals surface area contributed by atoms with E-state index >= 15 is 0 Å². The van der Waals surface area contributed by atoms with E-state index in [2.05, 4.69) is 0 Å². The normalized spacial score (nSPS) is 10.3.